The van der Waals surface area contributed by atoms with E-state index < -0.39 is 5.97 Å². The van der Waals surface area contributed by atoms with Crippen LogP contribution in [0.5, 0.6) is 5.75 Å². The van der Waals surface area contributed by atoms with Gasteiger partial charge in [0, 0.05) is 11.5 Å². The van der Waals surface area contributed by atoms with Gasteiger partial charge in [0.05, 0.1) is 5.69 Å². The molecule has 0 fully saturated rings. The summed E-state index contributed by atoms with van der Waals surface area (Å²) in [7, 11) is 0. The standard InChI is InChI=1S/C20H16N2O2/c1-3-19(23)24-18-13-14(2)16-11-7-8-12-17(16)20(18)22-21-15-9-5-4-6-10-15/h3-13H,1H2,2H3. The first kappa shape index (κ1) is 15.6. The van der Waals surface area contributed by atoms with Crippen LogP contribution >= 0.6 is 0 Å². The van der Waals surface area contributed by atoms with Crippen molar-refractivity contribution >= 4 is 28.1 Å². The Labute approximate surface area is 140 Å². The quantitative estimate of drug-likeness (QED) is 0.270. The smallest absolute Gasteiger partial charge is 0.335 e. The summed E-state index contributed by atoms with van der Waals surface area (Å²) < 4.78 is 5.36. The van der Waals surface area contributed by atoms with Gasteiger partial charge in [-0.2, -0.15) is 5.11 Å². The van der Waals surface area contributed by atoms with Crippen molar-refractivity contribution in [2.75, 3.05) is 0 Å². The van der Waals surface area contributed by atoms with Crippen LogP contribution in [0, 0.1) is 6.92 Å². The highest BCUT2D eigenvalue weighted by molar-refractivity contribution is 5.98. The highest BCUT2D eigenvalue weighted by Crippen LogP contribution is 2.39. The van der Waals surface area contributed by atoms with Crippen LogP contribution in [0.2, 0.25) is 0 Å². The molecule has 4 heteroatoms. The molecule has 3 aromatic carbocycles. The summed E-state index contributed by atoms with van der Waals surface area (Å²) in [6, 6.07) is 19.0. The zero-order chi connectivity index (χ0) is 16.9. The summed E-state index contributed by atoms with van der Waals surface area (Å²) in [5.74, 6) is -0.156. The van der Waals surface area contributed by atoms with Crippen molar-refractivity contribution in [3.8, 4) is 5.75 Å². The largest absolute Gasteiger partial charge is 0.421 e. The first-order chi connectivity index (χ1) is 11.7. The van der Waals surface area contributed by atoms with Crippen molar-refractivity contribution in [1.29, 1.82) is 0 Å². The molecule has 0 unspecified atom stereocenters. The van der Waals surface area contributed by atoms with Crippen LogP contribution in [0.3, 0.4) is 0 Å². The summed E-state index contributed by atoms with van der Waals surface area (Å²) in [6.45, 7) is 5.40. The zero-order valence-corrected chi connectivity index (χ0v) is 13.3. The number of hydrogen-bond donors (Lipinski definition) is 0. The Bertz CT molecular complexity index is 931. The lowest BCUT2D eigenvalue weighted by Crippen LogP contribution is -2.03. The molecule has 0 amide bonds. The molecule has 4 nitrogen and oxygen atoms in total. The fourth-order valence-electron chi connectivity index (χ4n) is 2.44. The second kappa shape index (κ2) is 6.87. The molecule has 0 aliphatic carbocycles. The maximum absolute atomic E-state index is 11.6. The van der Waals surface area contributed by atoms with Crippen molar-refractivity contribution in [1.82, 2.24) is 0 Å². The molecule has 0 spiro atoms. The Morgan fingerprint density at radius 2 is 1.67 bits per heavy atom. The molecular weight excluding hydrogens is 300 g/mol. The molecular formula is C20H16N2O2. The van der Waals surface area contributed by atoms with Gasteiger partial charge in [0.25, 0.3) is 0 Å². The van der Waals surface area contributed by atoms with E-state index in [0.29, 0.717) is 11.4 Å². The van der Waals surface area contributed by atoms with Crippen LogP contribution in [-0.2, 0) is 4.79 Å². The van der Waals surface area contributed by atoms with Gasteiger partial charge in [-0.1, -0.05) is 49.0 Å². The van der Waals surface area contributed by atoms with Crippen molar-refractivity contribution < 1.29 is 9.53 Å². The van der Waals surface area contributed by atoms with Gasteiger partial charge in [0.1, 0.15) is 5.69 Å². The van der Waals surface area contributed by atoms with Crippen LogP contribution in [0.1, 0.15) is 5.56 Å². The van der Waals surface area contributed by atoms with E-state index in [1.807, 2.05) is 61.5 Å². The minimum Gasteiger partial charge on any atom is -0.421 e. The van der Waals surface area contributed by atoms with E-state index in [2.05, 4.69) is 16.8 Å². The van der Waals surface area contributed by atoms with Crippen molar-refractivity contribution in [3.63, 3.8) is 0 Å². The monoisotopic (exact) mass is 316 g/mol. The third-order valence-corrected chi connectivity index (χ3v) is 3.59. The fourth-order valence-corrected chi connectivity index (χ4v) is 2.44. The molecule has 24 heavy (non-hydrogen) atoms. The molecule has 0 N–H and O–H groups in total. The molecule has 0 aliphatic rings. The maximum atomic E-state index is 11.6. The SMILES string of the molecule is C=CC(=O)Oc1cc(C)c2ccccc2c1N=Nc1ccccc1. The summed E-state index contributed by atoms with van der Waals surface area (Å²) >= 11 is 0. The Hall–Kier alpha value is -3.27. The van der Waals surface area contributed by atoms with Gasteiger partial charge in [-0.15, -0.1) is 5.11 Å². The second-order valence-corrected chi connectivity index (χ2v) is 5.25. The number of ether oxygens (including phenoxy) is 1. The topological polar surface area (TPSA) is 51.0 Å². The van der Waals surface area contributed by atoms with Crippen LogP contribution in [0.25, 0.3) is 10.8 Å². The molecule has 0 aromatic heterocycles. The Morgan fingerprint density at radius 3 is 2.38 bits per heavy atom. The van der Waals surface area contributed by atoms with Gasteiger partial charge in [0.2, 0.25) is 0 Å². The number of carbonyl (C=O) groups is 1. The van der Waals surface area contributed by atoms with Crippen molar-refractivity contribution in [2.45, 2.75) is 6.92 Å². The van der Waals surface area contributed by atoms with Gasteiger partial charge in [-0.05, 0) is 36.1 Å². The number of hydrogen-bond acceptors (Lipinski definition) is 4. The lowest BCUT2D eigenvalue weighted by atomic mass is 10.0. The molecule has 3 aromatic rings. The lowest BCUT2D eigenvalue weighted by molar-refractivity contribution is -0.128. The first-order valence-corrected chi connectivity index (χ1v) is 7.52. The molecule has 0 heterocycles. The fraction of sp³-hybridized carbons (Fsp3) is 0.0500. The summed E-state index contributed by atoms with van der Waals surface area (Å²) in [5, 5.41) is 10.5. The summed E-state index contributed by atoms with van der Waals surface area (Å²) in [4.78, 5) is 11.6. The molecule has 0 aliphatic heterocycles. The van der Waals surface area contributed by atoms with E-state index in [9.17, 15) is 4.79 Å². The van der Waals surface area contributed by atoms with Gasteiger partial charge >= 0.3 is 5.97 Å². The van der Waals surface area contributed by atoms with E-state index in [4.69, 9.17) is 4.74 Å². The second-order valence-electron chi connectivity index (χ2n) is 5.25. The van der Waals surface area contributed by atoms with Gasteiger partial charge in [-0.25, -0.2) is 4.79 Å². The Morgan fingerprint density at radius 1 is 1.00 bits per heavy atom. The highest BCUT2D eigenvalue weighted by atomic mass is 16.5. The minimum absolute atomic E-state index is 0.371. The average Bonchev–Trinajstić information content (AvgIpc) is 2.62. The Kier molecular flexibility index (Phi) is 4.47. The highest BCUT2D eigenvalue weighted by Gasteiger charge is 2.13. The van der Waals surface area contributed by atoms with E-state index in [0.717, 1.165) is 28.1 Å². The third kappa shape index (κ3) is 3.22. The predicted molar refractivity (Wildman–Crippen MR) is 95.1 cm³/mol. The number of benzene rings is 3. The minimum atomic E-state index is -0.527. The number of rotatable bonds is 4. The molecule has 0 atom stereocenters. The normalized spacial score (nSPS) is 10.9. The summed E-state index contributed by atoms with van der Waals surface area (Å²) in [5.41, 5.74) is 2.24. The number of carbonyl (C=O) groups excluding carboxylic acids is 1. The number of fused-ring (bicyclic) bond motifs is 1. The predicted octanol–water partition coefficient (Wildman–Crippen LogP) is 5.66. The molecule has 0 bridgehead atoms. The first-order valence-electron chi connectivity index (χ1n) is 7.52. The third-order valence-electron chi connectivity index (χ3n) is 3.59. The molecule has 0 saturated heterocycles. The van der Waals surface area contributed by atoms with Crippen LogP contribution < -0.4 is 4.74 Å². The van der Waals surface area contributed by atoms with Gasteiger partial charge < -0.3 is 4.74 Å². The molecule has 0 saturated carbocycles. The summed E-state index contributed by atoms with van der Waals surface area (Å²) in [6.07, 6.45) is 1.13. The van der Waals surface area contributed by atoms with Gasteiger partial charge in [-0.3, -0.25) is 0 Å². The molecule has 3 rings (SSSR count). The van der Waals surface area contributed by atoms with E-state index in [-0.39, 0.29) is 0 Å². The van der Waals surface area contributed by atoms with E-state index in [1.54, 1.807) is 6.07 Å². The van der Waals surface area contributed by atoms with E-state index >= 15 is 0 Å². The number of aryl methyl sites for hydroxylation is 1. The number of azo groups is 1. The zero-order valence-electron chi connectivity index (χ0n) is 13.3. The number of nitrogens with zero attached hydrogens (tertiary/aromatic N) is 2. The van der Waals surface area contributed by atoms with Crippen molar-refractivity contribution in [2.24, 2.45) is 10.2 Å². The lowest BCUT2D eigenvalue weighted by Gasteiger charge is -2.10. The van der Waals surface area contributed by atoms with E-state index in [1.165, 1.54) is 0 Å². The maximum Gasteiger partial charge on any atom is 0.335 e. The van der Waals surface area contributed by atoms with Crippen LogP contribution in [0.15, 0.2) is 83.5 Å². The van der Waals surface area contributed by atoms with Gasteiger partial charge in [0.15, 0.2) is 5.75 Å². The molecule has 0 radical (unpaired) electrons. The van der Waals surface area contributed by atoms with Crippen LogP contribution in [-0.4, -0.2) is 5.97 Å². The average molecular weight is 316 g/mol. The van der Waals surface area contributed by atoms with Crippen molar-refractivity contribution in [3.05, 3.63) is 78.9 Å². The number of esters is 1. The van der Waals surface area contributed by atoms with Crippen LogP contribution in [0.4, 0.5) is 11.4 Å². The molecule has 118 valence electrons. The Balaban J connectivity index is 2.16.